The lowest BCUT2D eigenvalue weighted by atomic mass is 9.87. The van der Waals surface area contributed by atoms with E-state index in [2.05, 4.69) is 17.4 Å². The molecule has 1 fully saturated rings. The fourth-order valence-electron chi connectivity index (χ4n) is 2.65. The van der Waals surface area contributed by atoms with E-state index >= 15 is 0 Å². The number of benzene rings is 1. The van der Waals surface area contributed by atoms with Gasteiger partial charge in [0.05, 0.1) is 0 Å². The van der Waals surface area contributed by atoms with Crippen LogP contribution in [0, 0.1) is 5.92 Å². The van der Waals surface area contributed by atoms with Gasteiger partial charge in [0, 0.05) is 11.1 Å². The van der Waals surface area contributed by atoms with E-state index in [-0.39, 0.29) is 0 Å². The minimum Gasteiger partial charge on any atom is -0.310 e. The van der Waals surface area contributed by atoms with Crippen molar-refractivity contribution in [2.24, 2.45) is 5.92 Å². The Morgan fingerprint density at radius 3 is 2.94 bits per heavy atom. The molecule has 1 aromatic rings. The molecular formula is C14H18ClN. The van der Waals surface area contributed by atoms with Gasteiger partial charge in [0.25, 0.3) is 0 Å². The fraction of sp³-hybridized carbons (Fsp3) is 0.571. The van der Waals surface area contributed by atoms with Crippen LogP contribution in [0.4, 0.5) is 0 Å². The maximum absolute atomic E-state index is 6.25. The van der Waals surface area contributed by atoms with Gasteiger partial charge >= 0.3 is 0 Å². The average molecular weight is 236 g/mol. The van der Waals surface area contributed by atoms with Crippen molar-refractivity contribution in [3.63, 3.8) is 0 Å². The number of nitrogens with one attached hydrogen (secondary N) is 1. The standard InChI is InChI=1S/C14H18ClN/c15-13-5-1-4-12-11(13)3-2-6-14(12)16-9-10-7-8-10/h1,4-5,10,14,16H,2-3,6-9H2. The lowest BCUT2D eigenvalue weighted by Gasteiger charge is -2.27. The first-order valence-corrected chi connectivity index (χ1v) is 6.73. The molecule has 0 saturated heterocycles. The average Bonchev–Trinajstić information content (AvgIpc) is 3.11. The predicted molar refractivity (Wildman–Crippen MR) is 67.9 cm³/mol. The topological polar surface area (TPSA) is 12.0 Å². The maximum atomic E-state index is 6.25. The Kier molecular flexibility index (Phi) is 2.91. The smallest absolute Gasteiger partial charge is 0.0441 e. The summed E-state index contributed by atoms with van der Waals surface area (Å²) in [5.41, 5.74) is 2.82. The van der Waals surface area contributed by atoms with Gasteiger partial charge < -0.3 is 5.32 Å². The van der Waals surface area contributed by atoms with Crippen molar-refractivity contribution in [2.75, 3.05) is 6.54 Å². The van der Waals surface area contributed by atoms with Gasteiger partial charge in [0.2, 0.25) is 0 Å². The van der Waals surface area contributed by atoms with Gasteiger partial charge in [-0.1, -0.05) is 23.7 Å². The third kappa shape index (κ3) is 2.11. The van der Waals surface area contributed by atoms with Crippen LogP contribution in [0.5, 0.6) is 0 Å². The van der Waals surface area contributed by atoms with Gasteiger partial charge in [0.1, 0.15) is 0 Å². The van der Waals surface area contributed by atoms with Crippen molar-refractivity contribution in [1.29, 1.82) is 0 Å². The molecule has 2 aliphatic carbocycles. The lowest BCUT2D eigenvalue weighted by molar-refractivity contribution is 0.450. The van der Waals surface area contributed by atoms with Crippen LogP contribution in [0.25, 0.3) is 0 Å². The van der Waals surface area contributed by atoms with Gasteiger partial charge in [0.15, 0.2) is 0 Å². The molecule has 0 amide bonds. The maximum Gasteiger partial charge on any atom is 0.0441 e. The Balaban J connectivity index is 1.78. The van der Waals surface area contributed by atoms with Gasteiger partial charge in [-0.25, -0.2) is 0 Å². The Morgan fingerprint density at radius 1 is 1.25 bits per heavy atom. The zero-order chi connectivity index (χ0) is 11.0. The van der Waals surface area contributed by atoms with Crippen LogP contribution >= 0.6 is 11.6 Å². The van der Waals surface area contributed by atoms with Crippen molar-refractivity contribution in [3.05, 3.63) is 34.3 Å². The molecule has 1 atom stereocenters. The minimum absolute atomic E-state index is 0.544. The molecule has 1 nitrogen and oxygen atoms in total. The molecule has 2 heteroatoms. The Morgan fingerprint density at radius 2 is 2.12 bits per heavy atom. The minimum atomic E-state index is 0.544. The van der Waals surface area contributed by atoms with E-state index in [0.29, 0.717) is 6.04 Å². The van der Waals surface area contributed by atoms with Gasteiger partial charge in [-0.2, -0.15) is 0 Å². The second-order valence-corrected chi connectivity index (χ2v) is 5.51. The van der Waals surface area contributed by atoms with Crippen LogP contribution in [0.15, 0.2) is 18.2 Å². The number of hydrogen-bond donors (Lipinski definition) is 1. The second kappa shape index (κ2) is 4.38. The van der Waals surface area contributed by atoms with Crippen LogP contribution in [0.1, 0.15) is 42.9 Å². The SMILES string of the molecule is Clc1cccc2c1CCCC2NCC1CC1. The number of fused-ring (bicyclic) bond motifs is 1. The van der Waals surface area contributed by atoms with Crippen LogP contribution in [-0.4, -0.2) is 6.54 Å². The van der Waals surface area contributed by atoms with Crippen LogP contribution in [0.3, 0.4) is 0 Å². The number of rotatable bonds is 3. The summed E-state index contributed by atoms with van der Waals surface area (Å²) >= 11 is 6.25. The van der Waals surface area contributed by atoms with E-state index < -0.39 is 0 Å². The molecule has 0 radical (unpaired) electrons. The Hall–Kier alpha value is -0.530. The molecule has 2 aliphatic rings. The Labute approximate surface area is 102 Å². The molecule has 0 aliphatic heterocycles. The fourth-order valence-corrected chi connectivity index (χ4v) is 2.92. The zero-order valence-corrected chi connectivity index (χ0v) is 10.3. The largest absolute Gasteiger partial charge is 0.310 e. The summed E-state index contributed by atoms with van der Waals surface area (Å²) in [5.74, 6) is 0.949. The molecule has 16 heavy (non-hydrogen) atoms. The first kappa shape index (κ1) is 10.6. The van der Waals surface area contributed by atoms with Crippen molar-refractivity contribution in [1.82, 2.24) is 5.32 Å². The van der Waals surface area contributed by atoms with Crippen molar-refractivity contribution >= 4 is 11.6 Å². The van der Waals surface area contributed by atoms with E-state index in [1.165, 1.54) is 43.4 Å². The quantitative estimate of drug-likeness (QED) is 0.842. The van der Waals surface area contributed by atoms with Gasteiger partial charge in [-0.3, -0.25) is 0 Å². The highest BCUT2D eigenvalue weighted by Crippen LogP contribution is 2.35. The summed E-state index contributed by atoms with van der Waals surface area (Å²) in [5, 5.41) is 4.66. The number of halogens is 1. The molecular weight excluding hydrogens is 218 g/mol. The summed E-state index contributed by atoms with van der Waals surface area (Å²) in [6, 6.07) is 6.88. The van der Waals surface area contributed by atoms with Crippen molar-refractivity contribution < 1.29 is 0 Å². The normalized spacial score (nSPS) is 24.2. The molecule has 1 aromatic carbocycles. The van der Waals surface area contributed by atoms with E-state index in [0.717, 1.165) is 17.4 Å². The monoisotopic (exact) mass is 235 g/mol. The van der Waals surface area contributed by atoms with Crippen LogP contribution < -0.4 is 5.32 Å². The van der Waals surface area contributed by atoms with E-state index in [1.54, 1.807) is 0 Å². The highest BCUT2D eigenvalue weighted by Gasteiger charge is 2.25. The third-order valence-corrected chi connectivity index (χ3v) is 4.15. The zero-order valence-electron chi connectivity index (χ0n) is 9.51. The van der Waals surface area contributed by atoms with Crippen molar-refractivity contribution in [2.45, 2.75) is 38.1 Å². The highest BCUT2D eigenvalue weighted by molar-refractivity contribution is 6.31. The summed E-state index contributed by atoms with van der Waals surface area (Å²) in [7, 11) is 0. The number of hydrogen-bond acceptors (Lipinski definition) is 1. The first-order valence-electron chi connectivity index (χ1n) is 6.35. The molecule has 3 rings (SSSR count). The van der Waals surface area contributed by atoms with Crippen LogP contribution in [-0.2, 0) is 6.42 Å². The third-order valence-electron chi connectivity index (χ3n) is 3.80. The molecule has 1 unspecified atom stereocenters. The van der Waals surface area contributed by atoms with E-state index in [4.69, 9.17) is 11.6 Å². The van der Waals surface area contributed by atoms with Crippen LogP contribution in [0.2, 0.25) is 5.02 Å². The highest BCUT2D eigenvalue weighted by atomic mass is 35.5. The van der Waals surface area contributed by atoms with Gasteiger partial charge in [-0.05, 0) is 61.8 Å². The van der Waals surface area contributed by atoms with Crippen molar-refractivity contribution in [3.8, 4) is 0 Å². The molecule has 0 spiro atoms. The second-order valence-electron chi connectivity index (χ2n) is 5.10. The molecule has 1 N–H and O–H groups in total. The summed E-state index contributed by atoms with van der Waals surface area (Å²) in [4.78, 5) is 0. The molecule has 0 aromatic heterocycles. The predicted octanol–water partition coefficient (Wildman–Crippen LogP) is 3.72. The molecule has 0 heterocycles. The summed E-state index contributed by atoms with van der Waals surface area (Å²) in [6.07, 6.45) is 6.51. The lowest BCUT2D eigenvalue weighted by Crippen LogP contribution is -2.27. The van der Waals surface area contributed by atoms with Gasteiger partial charge in [-0.15, -0.1) is 0 Å². The molecule has 0 bridgehead atoms. The summed E-state index contributed by atoms with van der Waals surface area (Å²) in [6.45, 7) is 1.19. The first-order chi connectivity index (χ1) is 7.84. The van der Waals surface area contributed by atoms with E-state index in [1.807, 2.05) is 6.07 Å². The van der Waals surface area contributed by atoms with E-state index in [9.17, 15) is 0 Å². The molecule has 1 saturated carbocycles. The Bertz CT molecular complexity index is 384. The molecule has 86 valence electrons. The summed E-state index contributed by atoms with van der Waals surface area (Å²) < 4.78 is 0.